The fraction of sp³-hybridized carbons (Fsp3) is 0.429. The van der Waals surface area contributed by atoms with Crippen LogP contribution in [0.3, 0.4) is 0 Å². The number of aromatic nitrogens is 2. The van der Waals surface area contributed by atoms with E-state index in [4.69, 9.17) is 26.6 Å². The Hall–Kier alpha value is -1.59. The lowest BCUT2D eigenvalue weighted by Gasteiger charge is -2.15. The van der Waals surface area contributed by atoms with Crippen LogP contribution in [0.15, 0.2) is 22.7 Å². The molecule has 0 aliphatic rings. The van der Waals surface area contributed by atoms with Gasteiger partial charge in [0.2, 0.25) is 0 Å². The molecule has 0 amide bonds. The predicted octanol–water partition coefficient (Wildman–Crippen LogP) is 2.89. The summed E-state index contributed by atoms with van der Waals surface area (Å²) in [5, 5.41) is 4.38. The lowest BCUT2D eigenvalue weighted by atomic mass is 10.0. The molecule has 20 heavy (non-hydrogen) atoms. The molecule has 2 aromatic rings. The highest BCUT2D eigenvalue weighted by Gasteiger charge is 2.13. The Morgan fingerprint density at radius 1 is 1.45 bits per heavy atom. The van der Waals surface area contributed by atoms with Crippen molar-refractivity contribution in [2.24, 2.45) is 5.73 Å². The molecule has 1 aromatic heterocycles. The highest BCUT2D eigenvalue weighted by Crippen LogP contribution is 2.28. The van der Waals surface area contributed by atoms with E-state index >= 15 is 0 Å². The lowest BCUT2D eigenvalue weighted by molar-refractivity contribution is 0.240. The van der Waals surface area contributed by atoms with E-state index in [0.717, 1.165) is 12.0 Å². The maximum Gasteiger partial charge on any atom is 0.264 e. The number of aryl methyl sites for hydroxylation is 1. The van der Waals surface area contributed by atoms with Gasteiger partial charge in [0.25, 0.3) is 5.89 Å². The van der Waals surface area contributed by atoms with E-state index in [0.29, 0.717) is 28.9 Å². The van der Waals surface area contributed by atoms with Gasteiger partial charge >= 0.3 is 0 Å². The smallest absolute Gasteiger partial charge is 0.264 e. The molecule has 0 bridgehead atoms. The topological polar surface area (TPSA) is 74.2 Å². The van der Waals surface area contributed by atoms with Crippen LogP contribution in [-0.4, -0.2) is 16.2 Å². The van der Waals surface area contributed by atoms with Gasteiger partial charge in [0.1, 0.15) is 5.75 Å². The van der Waals surface area contributed by atoms with Crippen molar-refractivity contribution in [2.75, 3.05) is 0 Å². The number of hydrogen-bond acceptors (Lipinski definition) is 5. The Morgan fingerprint density at radius 2 is 2.25 bits per heavy atom. The molecular formula is C14H18ClN3O2. The molecule has 0 aliphatic heterocycles. The zero-order valence-corrected chi connectivity index (χ0v) is 12.4. The zero-order chi connectivity index (χ0) is 14.5. The number of nitrogens with zero attached hydrogens (tertiary/aromatic N) is 2. The van der Waals surface area contributed by atoms with Crippen LogP contribution in [0.4, 0.5) is 0 Å². The normalized spacial score (nSPS) is 12.4. The van der Waals surface area contributed by atoms with E-state index in [9.17, 15) is 0 Å². The summed E-state index contributed by atoms with van der Waals surface area (Å²) in [6.07, 6.45) is 1.56. The van der Waals surface area contributed by atoms with Gasteiger partial charge in [-0.1, -0.05) is 29.7 Å². The predicted molar refractivity (Wildman–Crippen MR) is 76.8 cm³/mol. The minimum absolute atomic E-state index is 0.0582. The van der Waals surface area contributed by atoms with Crippen LogP contribution in [0, 0.1) is 6.92 Å². The summed E-state index contributed by atoms with van der Waals surface area (Å²) in [5.74, 6) is 1.73. The summed E-state index contributed by atoms with van der Waals surface area (Å²) in [6, 6.07) is 5.61. The summed E-state index contributed by atoms with van der Waals surface area (Å²) < 4.78 is 10.7. The number of rotatable bonds is 6. The van der Waals surface area contributed by atoms with Gasteiger partial charge in [-0.3, -0.25) is 0 Å². The largest absolute Gasteiger partial charge is 0.483 e. The van der Waals surface area contributed by atoms with Gasteiger partial charge in [0.15, 0.2) is 12.4 Å². The van der Waals surface area contributed by atoms with Gasteiger partial charge in [0.05, 0.1) is 0 Å². The number of benzene rings is 1. The van der Waals surface area contributed by atoms with Crippen molar-refractivity contribution in [3.05, 3.63) is 40.5 Å². The number of nitrogens with two attached hydrogens (primary N) is 1. The second kappa shape index (κ2) is 6.72. The van der Waals surface area contributed by atoms with E-state index in [-0.39, 0.29) is 12.6 Å². The Bertz CT molecular complexity index is 571. The molecule has 0 fully saturated rings. The van der Waals surface area contributed by atoms with Gasteiger partial charge in [-0.15, -0.1) is 0 Å². The summed E-state index contributed by atoms with van der Waals surface area (Å²) in [7, 11) is 0. The van der Waals surface area contributed by atoms with E-state index in [1.807, 2.05) is 25.1 Å². The fourth-order valence-corrected chi connectivity index (χ4v) is 2.06. The molecule has 2 rings (SSSR count). The number of hydrogen-bond donors (Lipinski definition) is 1. The van der Waals surface area contributed by atoms with Crippen molar-refractivity contribution in [3.8, 4) is 5.75 Å². The first kappa shape index (κ1) is 14.8. The van der Waals surface area contributed by atoms with Crippen molar-refractivity contribution in [2.45, 2.75) is 39.3 Å². The minimum atomic E-state index is 0.0582. The van der Waals surface area contributed by atoms with E-state index < -0.39 is 0 Å². The van der Waals surface area contributed by atoms with Crippen LogP contribution in [0.1, 0.15) is 30.6 Å². The highest BCUT2D eigenvalue weighted by molar-refractivity contribution is 6.31. The maximum atomic E-state index is 6.23. The standard InChI is InChI=1S/C14H18ClN3O2/c1-3-10(16)7-11-12(15)5-4-6-13(11)19-8-14-17-9(2)18-20-14/h4-6,10H,3,7-8,16H2,1-2H3. The maximum absolute atomic E-state index is 6.23. The third kappa shape index (κ3) is 3.71. The van der Waals surface area contributed by atoms with E-state index in [2.05, 4.69) is 10.1 Å². The molecule has 1 heterocycles. The Balaban J connectivity index is 2.12. The first-order valence-electron chi connectivity index (χ1n) is 6.55. The molecule has 5 nitrogen and oxygen atoms in total. The van der Waals surface area contributed by atoms with E-state index in [1.54, 1.807) is 6.92 Å². The fourth-order valence-electron chi connectivity index (χ4n) is 1.82. The van der Waals surface area contributed by atoms with Gasteiger partial charge in [-0.05, 0) is 31.9 Å². The monoisotopic (exact) mass is 295 g/mol. The van der Waals surface area contributed by atoms with Crippen molar-refractivity contribution in [1.82, 2.24) is 10.1 Å². The Labute approximate surface area is 123 Å². The minimum Gasteiger partial charge on any atom is -0.483 e. The second-order valence-corrected chi connectivity index (χ2v) is 5.02. The summed E-state index contributed by atoms with van der Waals surface area (Å²) in [4.78, 5) is 4.09. The van der Waals surface area contributed by atoms with E-state index in [1.165, 1.54) is 0 Å². The first-order valence-corrected chi connectivity index (χ1v) is 6.93. The SMILES string of the molecule is CCC(N)Cc1c(Cl)cccc1OCc1nc(C)no1. The first-order chi connectivity index (χ1) is 9.60. The van der Waals surface area contributed by atoms with Crippen molar-refractivity contribution < 1.29 is 9.26 Å². The van der Waals surface area contributed by atoms with Crippen molar-refractivity contribution >= 4 is 11.6 Å². The molecule has 108 valence electrons. The molecule has 1 aromatic carbocycles. The quantitative estimate of drug-likeness (QED) is 0.887. The third-order valence-corrected chi connectivity index (χ3v) is 3.34. The molecule has 0 radical (unpaired) electrons. The zero-order valence-electron chi connectivity index (χ0n) is 11.6. The van der Waals surface area contributed by atoms with Crippen LogP contribution in [0.2, 0.25) is 5.02 Å². The molecular weight excluding hydrogens is 278 g/mol. The van der Waals surface area contributed by atoms with Gasteiger partial charge in [0, 0.05) is 16.6 Å². The second-order valence-electron chi connectivity index (χ2n) is 4.61. The van der Waals surface area contributed by atoms with Gasteiger partial charge in [-0.25, -0.2) is 0 Å². The van der Waals surface area contributed by atoms with Crippen molar-refractivity contribution in [1.29, 1.82) is 0 Å². The summed E-state index contributed by atoms with van der Waals surface area (Å²) in [5.41, 5.74) is 6.91. The third-order valence-electron chi connectivity index (χ3n) is 2.99. The van der Waals surface area contributed by atoms with Crippen LogP contribution in [-0.2, 0) is 13.0 Å². The van der Waals surface area contributed by atoms with Gasteiger partial charge in [-0.2, -0.15) is 4.98 Å². The lowest BCUT2D eigenvalue weighted by Crippen LogP contribution is -2.22. The average molecular weight is 296 g/mol. The molecule has 1 unspecified atom stereocenters. The van der Waals surface area contributed by atoms with Gasteiger partial charge < -0.3 is 15.0 Å². The molecule has 2 N–H and O–H groups in total. The number of halogens is 1. The molecule has 0 saturated carbocycles. The summed E-state index contributed by atoms with van der Waals surface area (Å²) in [6.45, 7) is 4.02. The molecule has 0 aliphatic carbocycles. The Kier molecular flexibility index (Phi) is 4.98. The van der Waals surface area contributed by atoms with Crippen LogP contribution >= 0.6 is 11.6 Å². The molecule has 6 heteroatoms. The Morgan fingerprint density at radius 3 is 2.90 bits per heavy atom. The van der Waals surface area contributed by atoms with Crippen LogP contribution < -0.4 is 10.5 Å². The molecule has 0 saturated heterocycles. The van der Waals surface area contributed by atoms with Crippen LogP contribution in [0.5, 0.6) is 5.75 Å². The summed E-state index contributed by atoms with van der Waals surface area (Å²) >= 11 is 6.23. The molecule has 1 atom stereocenters. The average Bonchev–Trinajstić information content (AvgIpc) is 2.85. The number of ether oxygens (including phenoxy) is 1. The molecule has 0 spiro atoms. The van der Waals surface area contributed by atoms with Crippen LogP contribution in [0.25, 0.3) is 0 Å². The highest BCUT2D eigenvalue weighted by atomic mass is 35.5. The van der Waals surface area contributed by atoms with Crippen molar-refractivity contribution in [3.63, 3.8) is 0 Å².